The van der Waals surface area contributed by atoms with Crippen molar-refractivity contribution in [3.63, 3.8) is 0 Å². The lowest BCUT2D eigenvalue weighted by Crippen LogP contribution is -2.66. The third kappa shape index (κ3) is 51.7. The Hall–Kier alpha value is -11.2. The topological polar surface area (TPSA) is 596 Å². The Kier molecular flexibility index (Phi) is 57.9. The van der Waals surface area contributed by atoms with E-state index >= 15 is 0 Å². The van der Waals surface area contributed by atoms with Gasteiger partial charge in [-0.2, -0.15) is 0 Å². The van der Waals surface area contributed by atoms with Crippen LogP contribution in [0.4, 0.5) is 0 Å². The van der Waals surface area contributed by atoms with E-state index in [4.69, 9.17) is 75.8 Å². The summed E-state index contributed by atoms with van der Waals surface area (Å²) in [7, 11) is 0. The van der Waals surface area contributed by atoms with Crippen LogP contribution in [0.25, 0.3) is 0 Å². The summed E-state index contributed by atoms with van der Waals surface area (Å²) in [4.78, 5) is 241. The Labute approximate surface area is 798 Å². The van der Waals surface area contributed by atoms with Gasteiger partial charge in [0, 0.05) is 187 Å². The van der Waals surface area contributed by atoms with Crippen LogP contribution in [0.1, 0.15) is 223 Å². The molecule has 0 aliphatic carbocycles. The van der Waals surface area contributed by atoms with Gasteiger partial charge in [-0.1, -0.05) is 56.0 Å². The Morgan fingerprint density at radius 1 is 0.314 bits per heavy atom. The summed E-state index contributed by atoms with van der Waals surface area (Å²) < 4.78 is 90.2. The van der Waals surface area contributed by atoms with Crippen LogP contribution in [0.3, 0.4) is 0 Å². The van der Waals surface area contributed by atoms with Crippen LogP contribution in [0.2, 0.25) is 0 Å². The fourth-order valence-corrected chi connectivity index (χ4v) is 14.9. The first-order valence-electron chi connectivity index (χ1n) is 46.6. The van der Waals surface area contributed by atoms with E-state index in [1.165, 1.54) is 27.7 Å². The molecular formula is C91H143N11O35. The molecule has 16 atom stereocenters. The van der Waals surface area contributed by atoms with E-state index in [2.05, 4.69) is 53.2 Å². The molecule has 0 spiro atoms. The summed E-state index contributed by atoms with van der Waals surface area (Å²) in [5, 5.41) is 28.7. The van der Waals surface area contributed by atoms with Gasteiger partial charge in [-0.25, -0.2) is 0 Å². The molecule has 1 aromatic carbocycles. The Bertz CT molecular complexity index is 3860. The molecule has 4 rings (SSSR count). The highest BCUT2D eigenvalue weighted by atomic mass is 16.7. The van der Waals surface area contributed by atoms with E-state index in [9.17, 15) is 91.1 Å². The van der Waals surface area contributed by atoms with Crippen LogP contribution < -0.4 is 53.2 Å². The highest BCUT2D eigenvalue weighted by Crippen LogP contribution is 2.32. The van der Waals surface area contributed by atoms with Crippen LogP contribution in [0, 0.1) is 0 Å². The van der Waals surface area contributed by atoms with Crippen LogP contribution in [0.5, 0.6) is 0 Å². The molecule has 16 unspecified atom stereocenters. The number of amides is 9. The van der Waals surface area contributed by atoms with Crippen molar-refractivity contribution in [3.8, 4) is 0 Å². The molecule has 0 bridgehead atoms. The lowest BCUT2D eigenvalue weighted by molar-refractivity contribution is -0.277. The minimum absolute atomic E-state index is 0.0376. The Morgan fingerprint density at radius 2 is 0.620 bits per heavy atom. The first-order chi connectivity index (χ1) is 65.3. The van der Waals surface area contributed by atoms with E-state index in [1.807, 2.05) is 30.3 Å². The normalized spacial score (nSPS) is 21.2. The summed E-state index contributed by atoms with van der Waals surface area (Å²) in [6.07, 6.45) is -7.77. The second-order valence-electron chi connectivity index (χ2n) is 33.1. The maximum absolute atomic E-state index is 14.1. The van der Waals surface area contributed by atoms with E-state index in [1.54, 1.807) is 4.90 Å². The van der Waals surface area contributed by atoms with Crippen molar-refractivity contribution >= 4 is 113 Å². The number of unbranched alkanes of at least 4 members (excludes halogenated alkanes) is 7. The van der Waals surface area contributed by atoms with Crippen molar-refractivity contribution in [2.75, 3.05) is 105 Å². The third-order valence-electron chi connectivity index (χ3n) is 21.0. The highest BCUT2D eigenvalue weighted by Gasteiger charge is 2.55. The van der Waals surface area contributed by atoms with Crippen molar-refractivity contribution in [2.45, 2.75) is 323 Å². The third-order valence-corrected chi connectivity index (χ3v) is 21.0. The summed E-state index contributed by atoms with van der Waals surface area (Å²) in [6, 6.07) is 5.22. The van der Waals surface area contributed by atoms with Crippen molar-refractivity contribution in [3.05, 3.63) is 35.9 Å². The van der Waals surface area contributed by atoms with Gasteiger partial charge in [0.15, 0.2) is 55.5 Å². The Balaban J connectivity index is 1.41. The highest BCUT2D eigenvalue weighted by molar-refractivity contribution is 5.82. The number of hydrogen-bond donors (Lipinski definition) is 10. The quantitative estimate of drug-likeness (QED) is 0.0246. The summed E-state index contributed by atoms with van der Waals surface area (Å²) in [5.74, 6) is -10.6. The van der Waals surface area contributed by atoms with Gasteiger partial charge in [0.1, 0.15) is 62.9 Å². The molecule has 3 aliphatic heterocycles. The van der Waals surface area contributed by atoms with E-state index < -0.39 is 207 Å². The molecule has 772 valence electrons. The number of carbonyl (C=O) groups excluding carboxylic acids is 19. The number of esters is 10. The number of benzene rings is 1. The minimum atomic E-state index is -1.30. The predicted octanol–water partition coefficient (Wildman–Crippen LogP) is 0.897. The number of rotatable bonds is 66. The van der Waals surface area contributed by atoms with Gasteiger partial charge in [0.2, 0.25) is 53.2 Å². The number of nitrogens with one attached hydrogen (secondary N) is 10. The largest absolute Gasteiger partial charge is 0.463 e. The second-order valence-corrected chi connectivity index (χ2v) is 33.1. The fourth-order valence-electron chi connectivity index (χ4n) is 14.9. The molecule has 10 N–H and O–H groups in total. The first-order valence-corrected chi connectivity index (χ1v) is 46.6. The van der Waals surface area contributed by atoms with E-state index in [0.717, 1.165) is 61.0 Å². The van der Waals surface area contributed by atoms with Gasteiger partial charge >= 0.3 is 59.7 Å². The maximum Gasteiger partial charge on any atom is 0.306 e. The molecule has 9 amide bonds. The van der Waals surface area contributed by atoms with Gasteiger partial charge < -0.3 is 129 Å². The molecule has 3 saturated heterocycles. The number of hydrogen-bond acceptors (Lipinski definition) is 37. The van der Waals surface area contributed by atoms with Crippen molar-refractivity contribution in [1.82, 2.24) is 58.1 Å². The summed E-state index contributed by atoms with van der Waals surface area (Å²) in [5.41, 5.74) is 0.825. The van der Waals surface area contributed by atoms with E-state index in [-0.39, 0.29) is 147 Å². The standard InChI is InChI=1S/C91H143N11O35/c1-56(103)99-80-86(132-65(10)112)83(129-62(7)109)70(53-125-59(4)106)135-89(80)122-46-24-14-19-34-73(115)94-41-28-39-92-49-69(33-22-23-40-93-76(118)37-27-38-79(121)128-52-68-31-17-13-18-32-68)102(50-77(119)97-44-29-42-95-74(116)35-20-15-25-47-123-90-81(100-57(2)104)87(133-66(11)113)84(130-63(8)110)71(136-90)54-126-60(5)107)51-78(120)98-45-30-43-96-75(117)36-21-16-26-48-124-91-82(101-58(3)105)88(134-67(12)114)85(131-64(9)111)72(137-91)55-127-61(6)108/h13,17-18,31-32,69-72,80-92H,14-16,19-30,33-55H2,1-12H3,(H,93,118)(H,94,115)(H,95,116)(H,96,117)(H,97,119)(H,98,120)(H,99,103)(H,100,104)(H,101,105). The van der Waals surface area contributed by atoms with Gasteiger partial charge in [0.05, 0.1) is 13.1 Å². The van der Waals surface area contributed by atoms with Crippen LogP contribution >= 0.6 is 0 Å². The molecule has 137 heavy (non-hydrogen) atoms. The van der Waals surface area contributed by atoms with E-state index in [0.29, 0.717) is 103 Å². The molecule has 0 radical (unpaired) electrons. The monoisotopic (exact) mass is 1950 g/mol. The second kappa shape index (κ2) is 67.2. The fraction of sp³-hybridized carbons (Fsp3) is 0.725. The van der Waals surface area contributed by atoms with Gasteiger partial charge in [-0.15, -0.1) is 0 Å². The molecule has 3 heterocycles. The number of carbonyl (C=O) groups is 19. The smallest absolute Gasteiger partial charge is 0.306 e. The SMILES string of the molecule is CC(=O)NC1C(OCCCCCC(=O)NCCCNCC(CCCCNC(=O)CCCC(=O)OCc2ccccc2)N(CC(=O)NCCCNC(=O)CCCCCOC2OC(COC(C)=O)C(OC(C)=O)C(OC(C)=O)C2NC(C)=O)CC(=O)NCCCNC(=O)CCCCCOC2OC(COC(C)=O)C(OC(C)=O)C(OC(C)=O)C2NC(C)=O)OC(COC(C)=O)C(OC(C)=O)C1OC(C)=O. The van der Waals surface area contributed by atoms with Crippen molar-refractivity contribution < 1.29 is 167 Å². The van der Waals surface area contributed by atoms with Crippen molar-refractivity contribution in [1.29, 1.82) is 0 Å². The van der Waals surface area contributed by atoms with Crippen LogP contribution in [-0.2, 0) is 173 Å². The van der Waals surface area contributed by atoms with Crippen LogP contribution in [0.15, 0.2) is 30.3 Å². The average molecular weight is 1950 g/mol. The molecule has 3 aliphatic rings. The first kappa shape index (κ1) is 118. The minimum Gasteiger partial charge on any atom is -0.463 e. The number of nitrogens with zero attached hydrogens (tertiary/aromatic N) is 1. The Morgan fingerprint density at radius 3 is 0.942 bits per heavy atom. The van der Waals surface area contributed by atoms with Crippen LogP contribution in [-0.4, -0.2) is 321 Å². The van der Waals surface area contributed by atoms with Gasteiger partial charge in [-0.3, -0.25) is 96.0 Å². The number of ether oxygens (including phenoxy) is 16. The molecular weight excluding hydrogens is 1810 g/mol. The predicted molar refractivity (Wildman–Crippen MR) is 479 cm³/mol. The summed E-state index contributed by atoms with van der Waals surface area (Å²) >= 11 is 0. The zero-order valence-corrected chi connectivity index (χ0v) is 80.7. The average Bonchev–Trinajstić information content (AvgIpc) is 0.794. The van der Waals surface area contributed by atoms with Gasteiger partial charge in [-0.05, 0) is 89.2 Å². The maximum atomic E-state index is 14.1. The molecule has 3 fully saturated rings. The molecule has 46 nitrogen and oxygen atoms in total. The zero-order chi connectivity index (χ0) is 101. The van der Waals surface area contributed by atoms with Gasteiger partial charge in [0.25, 0.3) is 0 Å². The lowest BCUT2D eigenvalue weighted by atomic mass is 9.96. The molecule has 0 aromatic heterocycles. The lowest BCUT2D eigenvalue weighted by Gasteiger charge is -2.44. The molecule has 0 saturated carbocycles. The molecule has 1 aromatic rings. The molecule has 46 heteroatoms. The zero-order valence-electron chi connectivity index (χ0n) is 80.7. The summed E-state index contributed by atoms with van der Waals surface area (Å²) in [6.45, 7) is 14.2. The van der Waals surface area contributed by atoms with Crippen molar-refractivity contribution in [2.24, 2.45) is 0 Å².